The van der Waals surface area contributed by atoms with Crippen LogP contribution >= 0.6 is 27.5 Å². The van der Waals surface area contributed by atoms with Crippen LogP contribution in [-0.4, -0.2) is 20.2 Å². The van der Waals surface area contributed by atoms with Crippen LogP contribution in [0.3, 0.4) is 0 Å². The van der Waals surface area contributed by atoms with Gasteiger partial charge < -0.3 is 14.2 Å². The third-order valence-electron chi connectivity index (χ3n) is 3.68. The Morgan fingerprint density at radius 3 is 2.48 bits per heavy atom. The minimum absolute atomic E-state index is 0.148. The van der Waals surface area contributed by atoms with E-state index in [2.05, 4.69) is 34.5 Å². The Balaban J connectivity index is 2.31. The average Bonchev–Trinajstić information content (AvgIpc) is 2.57. The second-order valence-corrected chi connectivity index (χ2v) is 7.06. The van der Waals surface area contributed by atoms with E-state index in [9.17, 15) is 4.79 Å². The molecule has 0 bridgehead atoms. The van der Waals surface area contributed by atoms with E-state index in [4.69, 9.17) is 21.1 Å². The van der Waals surface area contributed by atoms with Gasteiger partial charge in [0, 0.05) is 5.56 Å². The van der Waals surface area contributed by atoms with Gasteiger partial charge >= 0.3 is 5.97 Å². The maximum absolute atomic E-state index is 11.4. The van der Waals surface area contributed by atoms with Crippen LogP contribution in [0.5, 0.6) is 17.2 Å². The van der Waals surface area contributed by atoms with Crippen LogP contribution in [0.15, 0.2) is 34.8 Å². The standard InChI is InChI=1S/C19H20BrClO4/c1-11(2)14-10-13(5-6-17(14)23-3)25-19-15(20)7-12(8-16(19)21)9-18(22)24-4/h5-8,10-11H,9H2,1-4H3. The molecular weight excluding hydrogens is 408 g/mol. The summed E-state index contributed by atoms with van der Waals surface area (Å²) in [5.41, 5.74) is 1.79. The highest BCUT2D eigenvalue weighted by Crippen LogP contribution is 2.39. The van der Waals surface area contributed by atoms with Crippen LogP contribution < -0.4 is 9.47 Å². The summed E-state index contributed by atoms with van der Waals surface area (Å²) in [7, 11) is 3.00. The van der Waals surface area contributed by atoms with Crippen molar-refractivity contribution in [2.75, 3.05) is 14.2 Å². The molecule has 0 aliphatic heterocycles. The fourth-order valence-electron chi connectivity index (χ4n) is 2.40. The molecule has 0 heterocycles. The van der Waals surface area contributed by atoms with Crippen LogP contribution in [0.2, 0.25) is 5.02 Å². The number of methoxy groups -OCH3 is 2. The van der Waals surface area contributed by atoms with Crippen molar-refractivity contribution in [3.63, 3.8) is 0 Å². The molecule has 0 aromatic heterocycles. The minimum atomic E-state index is -0.326. The molecule has 0 aliphatic carbocycles. The summed E-state index contributed by atoms with van der Waals surface area (Å²) in [5.74, 6) is 1.94. The molecular formula is C19H20BrClO4. The molecule has 25 heavy (non-hydrogen) atoms. The molecule has 0 fully saturated rings. The zero-order valence-corrected chi connectivity index (χ0v) is 16.9. The molecule has 2 aromatic carbocycles. The van der Waals surface area contributed by atoms with Crippen LogP contribution in [0.1, 0.15) is 30.9 Å². The summed E-state index contributed by atoms with van der Waals surface area (Å²) in [4.78, 5) is 11.4. The summed E-state index contributed by atoms with van der Waals surface area (Å²) in [6.45, 7) is 4.18. The third kappa shape index (κ3) is 4.89. The Bertz CT molecular complexity index is 751. The Hall–Kier alpha value is -1.72. The molecule has 0 radical (unpaired) electrons. The molecule has 0 saturated heterocycles. The first-order chi connectivity index (χ1) is 11.8. The summed E-state index contributed by atoms with van der Waals surface area (Å²) < 4.78 is 16.7. The highest BCUT2D eigenvalue weighted by Gasteiger charge is 2.15. The van der Waals surface area contributed by atoms with Crippen LogP contribution in [-0.2, 0) is 16.0 Å². The quantitative estimate of drug-likeness (QED) is 0.551. The van der Waals surface area contributed by atoms with Gasteiger partial charge in [-0.3, -0.25) is 4.79 Å². The Kier molecular flexibility index (Phi) is 6.73. The van der Waals surface area contributed by atoms with Gasteiger partial charge in [-0.05, 0) is 57.7 Å². The van der Waals surface area contributed by atoms with Crippen molar-refractivity contribution in [3.05, 3.63) is 51.0 Å². The van der Waals surface area contributed by atoms with E-state index in [0.29, 0.717) is 26.9 Å². The number of rotatable bonds is 6. The maximum atomic E-state index is 11.4. The number of ether oxygens (including phenoxy) is 3. The lowest BCUT2D eigenvalue weighted by atomic mass is 10.0. The fraction of sp³-hybridized carbons (Fsp3) is 0.316. The summed E-state index contributed by atoms with van der Waals surface area (Å²) >= 11 is 9.80. The van der Waals surface area contributed by atoms with Crippen molar-refractivity contribution >= 4 is 33.5 Å². The molecule has 0 unspecified atom stereocenters. The van der Waals surface area contributed by atoms with Gasteiger partial charge in [0.1, 0.15) is 11.5 Å². The lowest BCUT2D eigenvalue weighted by Gasteiger charge is -2.15. The van der Waals surface area contributed by atoms with Crippen molar-refractivity contribution in [3.8, 4) is 17.2 Å². The van der Waals surface area contributed by atoms with Gasteiger partial charge in [-0.1, -0.05) is 25.4 Å². The van der Waals surface area contributed by atoms with Crippen LogP contribution in [0, 0.1) is 0 Å². The zero-order valence-electron chi connectivity index (χ0n) is 14.6. The van der Waals surface area contributed by atoms with E-state index >= 15 is 0 Å². The van der Waals surface area contributed by atoms with Gasteiger partial charge in [-0.25, -0.2) is 0 Å². The lowest BCUT2D eigenvalue weighted by molar-refractivity contribution is -0.139. The van der Waals surface area contributed by atoms with Gasteiger partial charge in [-0.15, -0.1) is 0 Å². The largest absolute Gasteiger partial charge is 0.496 e. The number of hydrogen-bond donors (Lipinski definition) is 0. The summed E-state index contributed by atoms with van der Waals surface area (Å²) in [6, 6.07) is 9.14. The SMILES string of the molecule is COC(=O)Cc1cc(Cl)c(Oc2ccc(OC)c(C(C)C)c2)c(Br)c1. The number of halogens is 2. The highest BCUT2D eigenvalue weighted by molar-refractivity contribution is 9.10. The molecule has 2 aromatic rings. The number of esters is 1. The van der Waals surface area contributed by atoms with Crippen molar-refractivity contribution in [1.29, 1.82) is 0 Å². The molecule has 0 N–H and O–H groups in total. The first kappa shape index (κ1) is 19.6. The second-order valence-electron chi connectivity index (χ2n) is 5.80. The molecule has 0 atom stereocenters. The average molecular weight is 428 g/mol. The van der Waals surface area contributed by atoms with E-state index in [-0.39, 0.29) is 12.4 Å². The molecule has 2 rings (SSSR count). The number of hydrogen-bond acceptors (Lipinski definition) is 4. The van der Waals surface area contributed by atoms with Gasteiger partial charge in [0.25, 0.3) is 0 Å². The number of benzene rings is 2. The monoisotopic (exact) mass is 426 g/mol. The molecule has 4 nitrogen and oxygen atoms in total. The van der Waals surface area contributed by atoms with Crippen LogP contribution in [0.25, 0.3) is 0 Å². The normalized spacial score (nSPS) is 10.7. The predicted octanol–water partition coefficient (Wildman–Crippen LogP) is 5.74. The first-order valence-electron chi connectivity index (χ1n) is 7.76. The van der Waals surface area contributed by atoms with Crippen molar-refractivity contribution < 1.29 is 19.0 Å². The molecule has 6 heteroatoms. The summed E-state index contributed by atoms with van der Waals surface area (Å²) in [6.07, 6.45) is 0.148. The van der Waals surface area contributed by atoms with Crippen molar-refractivity contribution in [2.24, 2.45) is 0 Å². The molecule has 0 spiro atoms. The van der Waals surface area contributed by atoms with Crippen LogP contribution in [0.4, 0.5) is 0 Å². The minimum Gasteiger partial charge on any atom is -0.496 e. The molecule has 0 aliphatic rings. The smallest absolute Gasteiger partial charge is 0.309 e. The van der Waals surface area contributed by atoms with E-state index in [0.717, 1.165) is 16.9 Å². The number of carbonyl (C=O) groups is 1. The number of carbonyl (C=O) groups excluding carboxylic acids is 1. The predicted molar refractivity (Wildman–Crippen MR) is 102 cm³/mol. The lowest BCUT2D eigenvalue weighted by Crippen LogP contribution is -2.04. The summed E-state index contributed by atoms with van der Waals surface area (Å²) in [5, 5.41) is 0.412. The van der Waals surface area contributed by atoms with Crippen molar-refractivity contribution in [1.82, 2.24) is 0 Å². The zero-order chi connectivity index (χ0) is 18.6. The maximum Gasteiger partial charge on any atom is 0.309 e. The second kappa shape index (κ2) is 8.59. The Morgan fingerprint density at radius 1 is 1.20 bits per heavy atom. The third-order valence-corrected chi connectivity index (χ3v) is 4.55. The van der Waals surface area contributed by atoms with E-state index in [1.165, 1.54) is 7.11 Å². The highest BCUT2D eigenvalue weighted by atomic mass is 79.9. The fourth-order valence-corrected chi connectivity index (χ4v) is 3.38. The molecule has 134 valence electrons. The van der Waals surface area contributed by atoms with Gasteiger partial charge in [0.2, 0.25) is 0 Å². The topological polar surface area (TPSA) is 44.8 Å². The molecule has 0 saturated carbocycles. The Labute approximate surface area is 161 Å². The van der Waals surface area contributed by atoms with Gasteiger partial charge in [0.05, 0.1) is 30.1 Å². The van der Waals surface area contributed by atoms with Crippen molar-refractivity contribution in [2.45, 2.75) is 26.2 Å². The van der Waals surface area contributed by atoms with Gasteiger partial charge in [0.15, 0.2) is 5.75 Å². The first-order valence-corrected chi connectivity index (χ1v) is 8.93. The van der Waals surface area contributed by atoms with E-state index in [1.54, 1.807) is 19.2 Å². The van der Waals surface area contributed by atoms with Gasteiger partial charge in [-0.2, -0.15) is 0 Å². The van der Waals surface area contributed by atoms with E-state index in [1.807, 2.05) is 18.2 Å². The Morgan fingerprint density at radius 2 is 1.92 bits per heavy atom. The van der Waals surface area contributed by atoms with E-state index < -0.39 is 0 Å². The molecule has 0 amide bonds.